The molecule has 0 N–H and O–H groups in total. The van der Waals surface area contributed by atoms with E-state index >= 15 is 0 Å². The lowest BCUT2D eigenvalue weighted by Crippen LogP contribution is -2.13. The largest absolute Gasteiger partial charge is 0.350 e. The summed E-state index contributed by atoms with van der Waals surface area (Å²) >= 11 is 0. The van der Waals surface area contributed by atoms with E-state index in [0.29, 0.717) is 5.41 Å². The molecule has 0 unspecified atom stereocenters. The predicted molar refractivity (Wildman–Crippen MR) is 85.2 cm³/mol. The van der Waals surface area contributed by atoms with Gasteiger partial charge in [-0.05, 0) is 36.3 Å². The van der Waals surface area contributed by atoms with E-state index in [0.717, 1.165) is 35.7 Å². The van der Waals surface area contributed by atoms with Crippen LogP contribution in [0.25, 0.3) is 16.5 Å². The van der Waals surface area contributed by atoms with Gasteiger partial charge in [-0.1, -0.05) is 19.9 Å². The quantitative estimate of drug-likeness (QED) is 0.593. The van der Waals surface area contributed by atoms with E-state index in [1.54, 1.807) is 12.1 Å². The van der Waals surface area contributed by atoms with Crippen molar-refractivity contribution in [3.8, 4) is 0 Å². The third-order valence-electron chi connectivity index (χ3n) is 4.50. The van der Waals surface area contributed by atoms with Gasteiger partial charge in [-0.2, -0.15) is 0 Å². The summed E-state index contributed by atoms with van der Waals surface area (Å²) in [5.74, 6) is 0. The first-order valence-corrected chi connectivity index (χ1v) is 7.30. The first-order chi connectivity index (χ1) is 9.87. The molecule has 21 heavy (non-hydrogen) atoms. The second-order valence-corrected chi connectivity index (χ2v) is 6.71. The molecule has 0 radical (unpaired) electrons. The zero-order valence-corrected chi connectivity index (χ0v) is 12.7. The Bertz CT molecular complexity index is 753. The van der Waals surface area contributed by atoms with Gasteiger partial charge >= 0.3 is 0 Å². The van der Waals surface area contributed by atoms with Crippen molar-refractivity contribution >= 4 is 22.2 Å². The molecule has 1 aliphatic carbocycles. The number of benzene rings is 1. The number of nitro benzene ring substituents is 1. The Hall–Kier alpha value is -2.10. The Morgan fingerprint density at radius 2 is 2.10 bits per heavy atom. The van der Waals surface area contributed by atoms with E-state index in [4.69, 9.17) is 0 Å². The zero-order chi connectivity index (χ0) is 15.2. The topological polar surface area (TPSA) is 48.1 Å². The number of non-ortho nitro benzene ring substituents is 1. The molecule has 3 rings (SSSR count). The Balaban J connectivity index is 2.12. The molecule has 4 heteroatoms. The third-order valence-corrected chi connectivity index (χ3v) is 4.50. The van der Waals surface area contributed by atoms with Crippen LogP contribution in [0, 0.1) is 15.5 Å². The van der Waals surface area contributed by atoms with Crippen LogP contribution in [0.3, 0.4) is 0 Å². The first-order valence-electron chi connectivity index (χ1n) is 7.30. The molecule has 110 valence electrons. The SMILES string of the molecule is Cn1cc(C2=CCC(C)(C)CC2)c2cc([N+](=O)[O-])ccc21. The van der Waals surface area contributed by atoms with Gasteiger partial charge in [0.2, 0.25) is 0 Å². The Morgan fingerprint density at radius 1 is 1.33 bits per heavy atom. The van der Waals surface area contributed by atoms with Crippen molar-refractivity contribution in [1.82, 2.24) is 4.57 Å². The maximum Gasteiger partial charge on any atom is 0.270 e. The smallest absolute Gasteiger partial charge is 0.270 e. The Labute approximate surface area is 124 Å². The van der Waals surface area contributed by atoms with Crippen LogP contribution in [-0.4, -0.2) is 9.49 Å². The summed E-state index contributed by atoms with van der Waals surface area (Å²) in [5, 5.41) is 12.0. The summed E-state index contributed by atoms with van der Waals surface area (Å²) in [7, 11) is 1.99. The van der Waals surface area contributed by atoms with E-state index in [-0.39, 0.29) is 10.6 Å². The minimum absolute atomic E-state index is 0.159. The summed E-state index contributed by atoms with van der Waals surface area (Å²) in [4.78, 5) is 10.7. The molecule has 0 atom stereocenters. The zero-order valence-electron chi connectivity index (χ0n) is 12.7. The molecule has 1 heterocycles. The maximum absolute atomic E-state index is 11.0. The number of aryl methyl sites for hydroxylation is 1. The van der Waals surface area contributed by atoms with Gasteiger partial charge in [-0.15, -0.1) is 0 Å². The number of hydrogen-bond acceptors (Lipinski definition) is 2. The van der Waals surface area contributed by atoms with Gasteiger partial charge in [0.1, 0.15) is 0 Å². The van der Waals surface area contributed by atoms with Crippen LogP contribution in [0.5, 0.6) is 0 Å². The first kappa shape index (κ1) is 13.9. The number of nitro groups is 1. The highest BCUT2D eigenvalue weighted by Gasteiger charge is 2.23. The highest BCUT2D eigenvalue weighted by atomic mass is 16.6. The number of nitrogens with zero attached hydrogens (tertiary/aromatic N) is 2. The molecule has 0 saturated carbocycles. The maximum atomic E-state index is 11.0. The summed E-state index contributed by atoms with van der Waals surface area (Å²) < 4.78 is 2.05. The van der Waals surface area contributed by atoms with Gasteiger partial charge in [-0.25, -0.2) is 0 Å². The fraction of sp³-hybridized carbons (Fsp3) is 0.412. The molecular weight excluding hydrogens is 264 g/mol. The molecule has 1 aromatic heterocycles. The van der Waals surface area contributed by atoms with Crippen molar-refractivity contribution in [2.24, 2.45) is 12.5 Å². The van der Waals surface area contributed by atoms with Crippen molar-refractivity contribution in [2.75, 3.05) is 0 Å². The van der Waals surface area contributed by atoms with Gasteiger partial charge in [0.15, 0.2) is 0 Å². The minimum Gasteiger partial charge on any atom is -0.350 e. The fourth-order valence-electron chi connectivity index (χ4n) is 3.07. The van der Waals surface area contributed by atoms with E-state index in [1.165, 1.54) is 5.57 Å². The van der Waals surface area contributed by atoms with E-state index < -0.39 is 0 Å². The lowest BCUT2D eigenvalue weighted by molar-refractivity contribution is -0.384. The molecule has 1 aliphatic rings. The Morgan fingerprint density at radius 3 is 2.71 bits per heavy atom. The van der Waals surface area contributed by atoms with Crippen molar-refractivity contribution in [2.45, 2.75) is 33.1 Å². The van der Waals surface area contributed by atoms with Gasteiger partial charge < -0.3 is 4.57 Å². The van der Waals surface area contributed by atoms with Crippen LogP contribution >= 0.6 is 0 Å². The number of allylic oxidation sites excluding steroid dienone is 2. The van der Waals surface area contributed by atoms with Crippen LogP contribution in [0.2, 0.25) is 0 Å². The van der Waals surface area contributed by atoms with Crippen molar-refractivity contribution in [1.29, 1.82) is 0 Å². The third kappa shape index (κ3) is 2.46. The van der Waals surface area contributed by atoms with Crippen molar-refractivity contribution in [3.63, 3.8) is 0 Å². The van der Waals surface area contributed by atoms with Crippen LogP contribution in [-0.2, 0) is 7.05 Å². The standard InChI is InChI=1S/C17H20N2O2/c1-17(2)8-6-12(7-9-17)15-11-18(3)16-5-4-13(19(20)21)10-14(15)16/h4-6,10-11H,7-9H2,1-3H3. The molecule has 4 nitrogen and oxygen atoms in total. The average Bonchev–Trinajstić information content (AvgIpc) is 2.76. The minimum atomic E-state index is -0.325. The summed E-state index contributed by atoms with van der Waals surface area (Å²) in [6.45, 7) is 4.57. The molecule has 0 saturated heterocycles. The molecule has 0 fully saturated rings. The monoisotopic (exact) mass is 284 g/mol. The molecule has 0 bridgehead atoms. The number of fused-ring (bicyclic) bond motifs is 1. The second kappa shape index (κ2) is 4.72. The average molecular weight is 284 g/mol. The number of rotatable bonds is 2. The van der Waals surface area contributed by atoms with Crippen LogP contribution in [0.1, 0.15) is 38.7 Å². The molecule has 0 aliphatic heterocycles. The number of aromatic nitrogens is 1. The van der Waals surface area contributed by atoms with Crippen LogP contribution in [0.4, 0.5) is 5.69 Å². The highest BCUT2D eigenvalue weighted by Crippen LogP contribution is 2.40. The lowest BCUT2D eigenvalue weighted by atomic mass is 9.77. The van der Waals surface area contributed by atoms with Crippen LogP contribution in [0.15, 0.2) is 30.5 Å². The summed E-state index contributed by atoms with van der Waals surface area (Å²) in [6, 6.07) is 5.11. The summed E-state index contributed by atoms with van der Waals surface area (Å²) in [6.07, 6.45) is 7.66. The lowest BCUT2D eigenvalue weighted by Gasteiger charge is -2.28. The van der Waals surface area contributed by atoms with Crippen molar-refractivity contribution < 1.29 is 4.92 Å². The van der Waals surface area contributed by atoms with Gasteiger partial charge in [-0.3, -0.25) is 10.1 Å². The fourth-order valence-corrected chi connectivity index (χ4v) is 3.07. The molecule has 0 amide bonds. The molecule has 0 spiro atoms. The number of hydrogen-bond donors (Lipinski definition) is 0. The van der Waals surface area contributed by atoms with E-state index in [1.807, 2.05) is 13.1 Å². The molecular formula is C17H20N2O2. The van der Waals surface area contributed by atoms with Gasteiger partial charge in [0.25, 0.3) is 5.69 Å². The van der Waals surface area contributed by atoms with Crippen LogP contribution < -0.4 is 0 Å². The van der Waals surface area contributed by atoms with E-state index in [9.17, 15) is 10.1 Å². The van der Waals surface area contributed by atoms with Gasteiger partial charge in [0.05, 0.1) is 4.92 Å². The molecule has 2 aromatic rings. The second-order valence-electron chi connectivity index (χ2n) is 6.71. The molecule has 1 aromatic carbocycles. The van der Waals surface area contributed by atoms with Crippen molar-refractivity contribution in [3.05, 3.63) is 46.1 Å². The normalized spacial score (nSPS) is 17.8. The van der Waals surface area contributed by atoms with E-state index in [2.05, 4.69) is 30.7 Å². The highest BCUT2D eigenvalue weighted by molar-refractivity contribution is 5.94. The summed E-state index contributed by atoms with van der Waals surface area (Å²) in [5.41, 5.74) is 4.03. The van der Waals surface area contributed by atoms with Gasteiger partial charge in [0, 0.05) is 41.8 Å². The predicted octanol–water partition coefficient (Wildman–Crippen LogP) is 4.68. The Kier molecular flexibility index (Phi) is 3.12.